The van der Waals surface area contributed by atoms with Crippen molar-refractivity contribution in [2.75, 3.05) is 19.6 Å². The molecule has 2 aliphatic rings. The number of pyridine rings is 1. The molecule has 4 rings (SSSR count). The monoisotopic (exact) mass is 395 g/mol. The van der Waals surface area contributed by atoms with Crippen molar-refractivity contribution in [1.29, 1.82) is 0 Å². The molecule has 1 aliphatic carbocycles. The van der Waals surface area contributed by atoms with E-state index in [4.69, 9.17) is 4.52 Å². The van der Waals surface area contributed by atoms with Crippen LogP contribution in [0.5, 0.6) is 0 Å². The standard InChI is InChI=1S/C22H29N5O2/c28-22(24-13-8-17-5-2-1-3-6-17)19-7-4-14-27(15-19)16-20-25-21(26-29-20)18-9-11-23-12-10-18/h5,9-12,19H,1-4,6-8,13-16H2,(H,24,28)/t19-/m0/s1. The van der Waals surface area contributed by atoms with Crippen molar-refractivity contribution in [2.45, 2.75) is 51.5 Å². The Kier molecular flexibility index (Phi) is 6.67. The van der Waals surface area contributed by atoms with E-state index in [0.717, 1.165) is 44.5 Å². The number of allylic oxidation sites excluding steroid dienone is 1. The molecular formula is C22H29N5O2. The Bertz CT molecular complexity index is 833. The summed E-state index contributed by atoms with van der Waals surface area (Å²) in [5, 5.41) is 7.21. The second kappa shape index (κ2) is 9.78. The van der Waals surface area contributed by atoms with Crippen molar-refractivity contribution in [3.8, 4) is 11.4 Å². The predicted molar refractivity (Wildman–Crippen MR) is 110 cm³/mol. The SMILES string of the molecule is O=C(NCCC1=CCCCC1)[C@H]1CCCN(Cc2nc(-c3ccncc3)no2)C1. The molecule has 29 heavy (non-hydrogen) atoms. The van der Waals surface area contributed by atoms with Gasteiger partial charge in [-0.1, -0.05) is 16.8 Å². The molecule has 0 radical (unpaired) electrons. The van der Waals surface area contributed by atoms with Crippen LogP contribution in [0.25, 0.3) is 11.4 Å². The number of likely N-dealkylation sites (tertiary alicyclic amines) is 1. The summed E-state index contributed by atoms with van der Waals surface area (Å²) in [4.78, 5) is 23.3. The lowest BCUT2D eigenvalue weighted by atomic mass is 9.96. The van der Waals surface area contributed by atoms with Crippen LogP contribution < -0.4 is 5.32 Å². The Morgan fingerprint density at radius 2 is 2.14 bits per heavy atom. The van der Waals surface area contributed by atoms with E-state index in [1.807, 2.05) is 12.1 Å². The fourth-order valence-corrected chi connectivity index (χ4v) is 4.16. The average Bonchev–Trinajstić information content (AvgIpc) is 3.24. The van der Waals surface area contributed by atoms with Gasteiger partial charge in [0.15, 0.2) is 0 Å². The van der Waals surface area contributed by atoms with Gasteiger partial charge in [0, 0.05) is 31.0 Å². The van der Waals surface area contributed by atoms with Gasteiger partial charge in [0.1, 0.15) is 0 Å². The Morgan fingerprint density at radius 1 is 1.24 bits per heavy atom. The molecule has 154 valence electrons. The van der Waals surface area contributed by atoms with Crippen LogP contribution in [0.4, 0.5) is 0 Å². The maximum atomic E-state index is 12.6. The van der Waals surface area contributed by atoms with Crippen LogP contribution in [0, 0.1) is 5.92 Å². The van der Waals surface area contributed by atoms with Crippen molar-refractivity contribution in [2.24, 2.45) is 5.92 Å². The van der Waals surface area contributed by atoms with Gasteiger partial charge in [0.05, 0.1) is 12.5 Å². The number of piperidine rings is 1. The Balaban J connectivity index is 1.25. The third-order valence-electron chi connectivity index (χ3n) is 5.77. The van der Waals surface area contributed by atoms with Crippen LogP contribution in [-0.4, -0.2) is 45.6 Å². The first-order chi connectivity index (χ1) is 14.3. The first-order valence-electron chi connectivity index (χ1n) is 10.7. The minimum atomic E-state index is 0.0340. The number of nitrogens with zero attached hydrogens (tertiary/aromatic N) is 4. The molecular weight excluding hydrogens is 366 g/mol. The second-order valence-corrected chi connectivity index (χ2v) is 7.97. The molecule has 0 spiro atoms. The number of carbonyl (C=O) groups excluding carboxylic acids is 1. The molecule has 0 unspecified atom stereocenters. The van der Waals surface area contributed by atoms with Gasteiger partial charge in [-0.15, -0.1) is 0 Å². The van der Waals surface area contributed by atoms with Gasteiger partial charge in [-0.05, 0) is 63.6 Å². The van der Waals surface area contributed by atoms with Crippen molar-refractivity contribution in [1.82, 2.24) is 25.3 Å². The number of nitrogens with one attached hydrogen (secondary N) is 1. The molecule has 1 amide bonds. The van der Waals surface area contributed by atoms with Crippen LogP contribution in [0.2, 0.25) is 0 Å². The molecule has 2 aromatic heterocycles. The predicted octanol–water partition coefficient (Wildman–Crippen LogP) is 3.35. The van der Waals surface area contributed by atoms with E-state index < -0.39 is 0 Å². The zero-order valence-corrected chi connectivity index (χ0v) is 16.8. The minimum Gasteiger partial charge on any atom is -0.356 e. The van der Waals surface area contributed by atoms with Gasteiger partial charge in [0.25, 0.3) is 0 Å². The van der Waals surface area contributed by atoms with Gasteiger partial charge < -0.3 is 9.84 Å². The third-order valence-corrected chi connectivity index (χ3v) is 5.77. The highest BCUT2D eigenvalue weighted by atomic mass is 16.5. The number of carbonyl (C=O) groups is 1. The summed E-state index contributed by atoms with van der Waals surface area (Å²) in [6.07, 6.45) is 13.7. The van der Waals surface area contributed by atoms with Crippen LogP contribution in [0.15, 0.2) is 40.7 Å². The molecule has 0 aromatic carbocycles. The largest absolute Gasteiger partial charge is 0.356 e. The summed E-state index contributed by atoms with van der Waals surface area (Å²) in [6, 6.07) is 3.72. The molecule has 1 atom stereocenters. The fraction of sp³-hybridized carbons (Fsp3) is 0.545. The summed E-state index contributed by atoms with van der Waals surface area (Å²) in [6.45, 7) is 3.01. The molecule has 1 aliphatic heterocycles. The molecule has 0 bridgehead atoms. The van der Waals surface area contributed by atoms with Crippen LogP contribution >= 0.6 is 0 Å². The highest BCUT2D eigenvalue weighted by molar-refractivity contribution is 5.78. The zero-order valence-electron chi connectivity index (χ0n) is 16.8. The highest BCUT2D eigenvalue weighted by Crippen LogP contribution is 2.21. The smallest absolute Gasteiger partial charge is 0.241 e. The van der Waals surface area contributed by atoms with Crippen molar-refractivity contribution >= 4 is 5.91 Å². The molecule has 3 heterocycles. The van der Waals surface area contributed by atoms with Gasteiger partial charge in [-0.2, -0.15) is 4.98 Å². The number of rotatable bonds is 7. The third kappa shape index (κ3) is 5.50. The van der Waals surface area contributed by atoms with E-state index in [9.17, 15) is 4.79 Å². The summed E-state index contributed by atoms with van der Waals surface area (Å²) >= 11 is 0. The van der Waals surface area contributed by atoms with Crippen LogP contribution in [0.1, 0.15) is 50.8 Å². The quantitative estimate of drug-likeness (QED) is 0.724. The lowest BCUT2D eigenvalue weighted by Gasteiger charge is -2.30. The zero-order chi connectivity index (χ0) is 19.9. The summed E-state index contributed by atoms with van der Waals surface area (Å²) < 4.78 is 5.42. The van der Waals surface area contributed by atoms with E-state index in [2.05, 4.69) is 31.4 Å². The molecule has 1 N–H and O–H groups in total. The van der Waals surface area contributed by atoms with Gasteiger partial charge >= 0.3 is 0 Å². The molecule has 1 fully saturated rings. The summed E-state index contributed by atoms with van der Waals surface area (Å²) in [7, 11) is 0. The summed E-state index contributed by atoms with van der Waals surface area (Å²) in [5.74, 6) is 1.37. The Hall–Kier alpha value is -2.54. The van der Waals surface area contributed by atoms with E-state index in [1.54, 1.807) is 12.4 Å². The summed E-state index contributed by atoms with van der Waals surface area (Å²) in [5.41, 5.74) is 2.39. The first-order valence-corrected chi connectivity index (χ1v) is 10.7. The molecule has 2 aromatic rings. The molecule has 0 saturated carbocycles. The molecule has 7 heteroatoms. The number of aromatic nitrogens is 3. The second-order valence-electron chi connectivity index (χ2n) is 7.97. The van der Waals surface area contributed by atoms with Gasteiger partial charge in [0.2, 0.25) is 17.6 Å². The minimum absolute atomic E-state index is 0.0340. The maximum Gasteiger partial charge on any atom is 0.241 e. The lowest BCUT2D eigenvalue weighted by Crippen LogP contribution is -2.43. The number of hydrogen-bond donors (Lipinski definition) is 1. The topological polar surface area (TPSA) is 84.2 Å². The van der Waals surface area contributed by atoms with E-state index >= 15 is 0 Å². The Labute approximate surface area is 171 Å². The van der Waals surface area contributed by atoms with Crippen molar-refractivity contribution < 1.29 is 9.32 Å². The lowest BCUT2D eigenvalue weighted by molar-refractivity contribution is -0.126. The first kappa shape index (κ1) is 19.8. The van der Waals surface area contributed by atoms with Gasteiger partial charge in [-0.25, -0.2) is 0 Å². The normalized spacial score (nSPS) is 20.3. The average molecular weight is 396 g/mol. The fourth-order valence-electron chi connectivity index (χ4n) is 4.16. The number of hydrogen-bond acceptors (Lipinski definition) is 6. The highest BCUT2D eigenvalue weighted by Gasteiger charge is 2.26. The maximum absolute atomic E-state index is 12.6. The van der Waals surface area contributed by atoms with E-state index in [1.165, 1.54) is 31.3 Å². The van der Waals surface area contributed by atoms with Crippen molar-refractivity contribution in [3.05, 3.63) is 42.1 Å². The Morgan fingerprint density at radius 3 is 2.97 bits per heavy atom. The van der Waals surface area contributed by atoms with Gasteiger partial charge in [-0.3, -0.25) is 14.7 Å². The van der Waals surface area contributed by atoms with Crippen LogP contribution in [-0.2, 0) is 11.3 Å². The molecule has 7 nitrogen and oxygen atoms in total. The van der Waals surface area contributed by atoms with E-state index in [0.29, 0.717) is 18.3 Å². The number of amides is 1. The van der Waals surface area contributed by atoms with Crippen molar-refractivity contribution in [3.63, 3.8) is 0 Å². The van der Waals surface area contributed by atoms with E-state index in [-0.39, 0.29) is 11.8 Å². The molecule has 1 saturated heterocycles. The van der Waals surface area contributed by atoms with Crippen LogP contribution in [0.3, 0.4) is 0 Å².